The largest absolute Gasteiger partial charge is 0.821 e. The minimum atomic E-state index is -3.59. The van der Waals surface area contributed by atoms with E-state index in [1.54, 1.807) is 6.92 Å². The summed E-state index contributed by atoms with van der Waals surface area (Å²) >= 11 is 4.13. The van der Waals surface area contributed by atoms with Crippen LogP contribution in [-0.2, 0) is 11.8 Å². The topological polar surface area (TPSA) is 49.4 Å². The highest BCUT2D eigenvalue weighted by atomic mass is 32.5. The van der Waals surface area contributed by atoms with Gasteiger partial charge in [0.05, 0.1) is 0 Å². The first-order valence-corrected chi connectivity index (χ1v) is 4.81. The normalized spacial score (nSPS) is 12.6. The standard InChI is InChI=1S/C3H10NO2PS/c1-3-4(2)7(5,6)8/h3H2,1-2H3,(H2,5,6,8)/p-2. The predicted octanol–water partition coefficient (Wildman–Crippen LogP) is -1.12. The Labute approximate surface area is 54.2 Å². The second kappa shape index (κ2) is 2.90. The molecule has 50 valence electrons. The molecule has 0 saturated carbocycles. The Bertz CT molecular complexity index is 112. The van der Waals surface area contributed by atoms with E-state index in [1.165, 1.54) is 7.05 Å². The highest BCUT2D eigenvalue weighted by Gasteiger charge is 1.90. The molecule has 0 N–H and O–H groups in total. The first-order valence-electron chi connectivity index (χ1n) is 2.22. The Morgan fingerprint density at radius 2 is 2.00 bits per heavy atom. The summed E-state index contributed by atoms with van der Waals surface area (Å²) < 4.78 is 1.13. The second-order valence-electron chi connectivity index (χ2n) is 1.44. The van der Waals surface area contributed by atoms with Gasteiger partial charge in [0.2, 0.25) is 0 Å². The molecule has 0 aromatic carbocycles. The Morgan fingerprint density at radius 1 is 1.62 bits per heavy atom. The van der Waals surface area contributed by atoms with Crippen molar-refractivity contribution in [1.29, 1.82) is 0 Å². The molecule has 0 aliphatic heterocycles. The molecule has 0 saturated heterocycles. The first-order chi connectivity index (χ1) is 3.48. The lowest BCUT2D eigenvalue weighted by Crippen LogP contribution is -2.29. The zero-order chi connectivity index (χ0) is 6.78. The van der Waals surface area contributed by atoms with Crippen LogP contribution in [0.3, 0.4) is 0 Å². The fraction of sp³-hybridized carbons (Fsp3) is 1.00. The molecule has 5 heteroatoms. The summed E-state index contributed by atoms with van der Waals surface area (Å²) in [6.07, 6.45) is 0. The maximum Gasteiger partial charge on any atom is -0.00275 e. The van der Waals surface area contributed by atoms with Gasteiger partial charge in [0.15, 0.2) is 0 Å². The van der Waals surface area contributed by atoms with E-state index >= 15 is 0 Å². The van der Waals surface area contributed by atoms with Gasteiger partial charge in [-0.2, -0.15) is 0 Å². The van der Waals surface area contributed by atoms with Gasteiger partial charge in [-0.15, -0.1) is 18.4 Å². The number of rotatable bonds is 2. The van der Waals surface area contributed by atoms with Crippen LogP contribution >= 0.6 is 6.64 Å². The van der Waals surface area contributed by atoms with Crippen LogP contribution in [0.2, 0.25) is 0 Å². The molecule has 0 fully saturated rings. The summed E-state index contributed by atoms with van der Waals surface area (Å²) in [5.41, 5.74) is 0. The molecule has 3 nitrogen and oxygen atoms in total. The summed E-state index contributed by atoms with van der Waals surface area (Å²) in [7, 11) is 1.46. The average Bonchev–Trinajstić information content (AvgIpc) is 1.62. The van der Waals surface area contributed by atoms with Crippen LogP contribution in [0, 0.1) is 0 Å². The van der Waals surface area contributed by atoms with Crippen molar-refractivity contribution in [1.82, 2.24) is 4.67 Å². The molecule has 0 unspecified atom stereocenters. The monoisotopic (exact) mass is 153 g/mol. The smallest absolute Gasteiger partial charge is 0.00275 e. The summed E-state index contributed by atoms with van der Waals surface area (Å²) in [6.45, 7) is -1.41. The van der Waals surface area contributed by atoms with Gasteiger partial charge in [0, 0.05) is 0 Å². The van der Waals surface area contributed by atoms with Gasteiger partial charge in [0.25, 0.3) is 0 Å². The van der Waals surface area contributed by atoms with E-state index in [9.17, 15) is 9.79 Å². The van der Waals surface area contributed by atoms with E-state index < -0.39 is 6.64 Å². The highest BCUT2D eigenvalue weighted by molar-refractivity contribution is 8.06. The van der Waals surface area contributed by atoms with Crippen molar-refractivity contribution in [2.45, 2.75) is 6.92 Å². The highest BCUT2D eigenvalue weighted by Crippen LogP contribution is 2.26. The van der Waals surface area contributed by atoms with Gasteiger partial charge in [0.1, 0.15) is 0 Å². The third-order valence-corrected chi connectivity index (χ3v) is 2.83. The quantitative estimate of drug-likeness (QED) is 0.472. The van der Waals surface area contributed by atoms with Crippen molar-refractivity contribution >= 4 is 18.4 Å². The number of nitrogens with zero attached hydrogens (tertiary/aromatic N) is 1. The molecule has 0 spiro atoms. The molecule has 8 heavy (non-hydrogen) atoms. The van der Waals surface area contributed by atoms with Gasteiger partial charge in [-0.25, -0.2) is 0 Å². The fourth-order valence-electron chi connectivity index (χ4n) is 0.173. The van der Waals surface area contributed by atoms with Crippen molar-refractivity contribution in [3.05, 3.63) is 0 Å². The van der Waals surface area contributed by atoms with E-state index in [4.69, 9.17) is 0 Å². The molecule has 0 radical (unpaired) electrons. The van der Waals surface area contributed by atoms with Gasteiger partial charge < -0.3 is 14.5 Å². The van der Waals surface area contributed by atoms with Crippen LogP contribution in [0.4, 0.5) is 0 Å². The van der Waals surface area contributed by atoms with Gasteiger partial charge in [-0.3, -0.25) is 0 Å². The van der Waals surface area contributed by atoms with Gasteiger partial charge >= 0.3 is 0 Å². The first kappa shape index (κ1) is 8.53. The minimum Gasteiger partial charge on any atom is -0.821 e. The van der Waals surface area contributed by atoms with Gasteiger partial charge in [-0.1, -0.05) is 6.92 Å². The van der Waals surface area contributed by atoms with Crippen LogP contribution in [0.25, 0.3) is 0 Å². The van der Waals surface area contributed by atoms with Crippen LogP contribution in [0.1, 0.15) is 6.92 Å². The van der Waals surface area contributed by atoms with E-state index in [1.807, 2.05) is 0 Å². The minimum absolute atomic E-state index is 0.449. The Morgan fingerprint density at radius 3 is 2.00 bits per heavy atom. The van der Waals surface area contributed by atoms with Crippen LogP contribution in [0.5, 0.6) is 0 Å². The molecular weight excluding hydrogens is 145 g/mol. The number of hydrogen-bond acceptors (Lipinski definition) is 3. The SMILES string of the molecule is CCN(C)P([O-])([O-])=S. The summed E-state index contributed by atoms with van der Waals surface area (Å²) in [5.74, 6) is 0. The lowest BCUT2D eigenvalue weighted by atomic mass is 10.8. The zero-order valence-electron chi connectivity index (χ0n) is 4.83. The molecule has 0 atom stereocenters. The summed E-state index contributed by atoms with van der Waals surface area (Å²) in [5, 5.41) is 0. The fourth-order valence-corrected chi connectivity index (χ4v) is 0.866. The molecule has 0 aromatic heterocycles. The zero-order valence-corrected chi connectivity index (χ0v) is 6.54. The molecule has 0 bridgehead atoms. The van der Waals surface area contributed by atoms with Crippen molar-refractivity contribution in [3.8, 4) is 0 Å². The van der Waals surface area contributed by atoms with Crippen molar-refractivity contribution < 1.29 is 9.79 Å². The maximum absolute atomic E-state index is 10.3. The molecular formula is C3H8NO2PS-2. The van der Waals surface area contributed by atoms with E-state index in [2.05, 4.69) is 11.8 Å². The van der Waals surface area contributed by atoms with Gasteiger partial charge in [-0.05, 0) is 13.6 Å². The second-order valence-corrected chi connectivity index (χ2v) is 4.45. The Kier molecular flexibility index (Phi) is 3.09. The molecule has 0 amide bonds. The lowest BCUT2D eigenvalue weighted by molar-refractivity contribution is -0.308. The van der Waals surface area contributed by atoms with Crippen LogP contribution < -0.4 is 9.79 Å². The average molecular weight is 153 g/mol. The van der Waals surface area contributed by atoms with E-state index in [0.717, 1.165) is 4.67 Å². The molecule has 0 rings (SSSR count). The Hall–Kier alpha value is 0.530. The molecule has 0 heterocycles. The third-order valence-electron chi connectivity index (χ3n) is 0.876. The van der Waals surface area contributed by atoms with Crippen LogP contribution in [0.15, 0.2) is 0 Å². The van der Waals surface area contributed by atoms with Crippen molar-refractivity contribution in [2.75, 3.05) is 13.6 Å². The molecule has 0 aromatic rings. The summed E-state index contributed by atoms with van der Waals surface area (Å²) in [6, 6.07) is 0. The lowest BCUT2D eigenvalue weighted by Gasteiger charge is -2.43. The van der Waals surface area contributed by atoms with E-state index in [0.29, 0.717) is 6.54 Å². The van der Waals surface area contributed by atoms with Crippen LogP contribution in [-0.4, -0.2) is 18.3 Å². The molecule has 0 aliphatic carbocycles. The predicted molar refractivity (Wildman–Crippen MR) is 32.6 cm³/mol. The Balaban J connectivity index is 3.82. The number of hydrogen-bond donors (Lipinski definition) is 0. The third kappa shape index (κ3) is 2.74. The van der Waals surface area contributed by atoms with Crippen molar-refractivity contribution in [3.63, 3.8) is 0 Å². The maximum atomic E-state index is 10.3. The molecule has 0 aliphatic rings. The summed E-state index contributed by atoms with van der Waals surface area (Å²) in [4.78, 5) is 20.7. The van der Waals surface area contributed by atoms with E-state index in [-0.39, 0.29) is 0 Å². The van der Waals surface area contributed by atoms with Crippen molar-refractivity contribution in [2.24, 2.45) is 0 Å².